The monoisotopic (exact) mass is 342 g/mol. The maximum atomic E-state index is 13.3. The summed E-state index contributed by atoms with van der Waals surface area (Å²) >= 11 is 0. The summed E-state index contributed by atoms with van der Waals surface area (Å²) in [5, 5.41) is 5.17. The zero-order chi connectivity index (χ0) is 17.7. The minimum absolute atomic E-state index is 0.167. The number of nitrogens with one attached hydrogen (secondary N) is 2. The first kappa shape index (κ1) is 18.3. The molecule has 0 heterocycles. The van der Waals surface area contributed by atoms with E-state index in [1.807, 2.05) is 0 Å². The molecule has 2 unspecified atom stereocenters. The molecule has 2 atom stereocenters. The number of halogens is 3. The van der Waals surface area contributed by atoms with Crippen LogP contribution in [-0.2, 0) is 15.8 Å². The number of hydrogen-bond donors (Lipinski definition) is 2. The van der Waals surface area contributed by atoms with Gasteiger partial charge in [0.15, 0.2) is 0 Å². The predicted octanol–water partition coefficient (Wildman–Crippen LogP) is 2.98. The molecular formula is C17H21F3N2O2. The average molecular weight is 342 g/mol. The summed E-state index contributed by atoms with van der Waals surface area (Å²) in [5.74, 6) is -1.09. The van der Waals surface area contributed by atoms with Crippen LogP contribution in [0.5, 0.6) is 0 Å². The molecule has 0 bridgehead atoms. The van der Waals surface area contributed by atoms with E-state index < -0.39 is 11.7 Å². The lowest BCUT2D eigenvalue weighted by atomic mass is 9.78. The molecule has 4 nitrogen and oxygen atoms in total. The second-order valence-electron chi connectivity index (χ2n) is 6.06. The third kappa shape index (κ3) is 4.72. The van der Waals surface area contributed by atoms with Crippen LogP contribution in [0.2, 0.25) is 0 Å². The molecule has 1 saturated carbocycles. The molecule has 2 amide bonds. The summed E-state index contributed by atoms with van der Waals surface area (Å²) < 4.78 is 39.8. The maximum Gasteiger partial charge on any atom is 0.416 e. The molecule has 1 aromatic carbocycles. The average Bonchev–Trinajstić information content (AvgIpc) is 2.53. The lowest BCUT2D eigenvalue weighted by molar-refractivity contribution is -0.138. The summed E-state index contributed by atoms with van der Waals surface area (Å²) in [7, 11) is 0. The lowest BCUT2D eigenvalue weighted by Crippen LogP contribution is -2.45. The topological polar surface area (TPSA) is 58.2 Å². The van der Waals surface area contributed by atoms with E-state index in [4.69, 9.17) is 0 Å². The van der Waals surface area contributed by atoms with Gasteiger partial charge in [-0.1, -0.05) is 31.0 Å². The first-order valence-corrected chi connectivity index (χ1v) is 7.99. The summed E-state index contributed by atoms with van der Waals surface area (Å²) in [6.07, 6.45) is -1.51. The number of carbonyl (C=O) groups is 2. The largest absolute Gasteiger partial charge is 0.416 e. The highest BCUT2D eigenvalue weighted by molar-refractivity contribution is 5.83. The predicted molar refractivity (Wildman–Crippen MR) is 83.3 cm³/mol. The molecule has 24 heavy (non-hydrogen) atoms. The number of rotatable bonds is 4. The van der Waals surface area contributed by atoms with Gasteiger partial charge in [0.25, 0.3) is 0 Å². The minimum atomic E-state index is -4.42. The SMILES string of the molecule is CC(=O)NCC(=O)NC1CCCCC1c1ccccc1C(F)(F)F. The summed E-state index contributed by atoms with van der Waals surface area (Å²) in [6, 6.07) is 5.18. The van der Waals surface area contributed by atoms with Gasteiger partial charge in [0.2, 0.25) is 11.8 Å². The van der Waals surface area contributed by atoms with Crippen LogP contribution in [-0.4, -0.2) is 24.4 Å². The minimum Gasteiger partial charge on any atom is -0.351 e. The molecule has 1 aliphatic carbocycles. The van der Waals surface area contributed by atoms with Gasteiger partial charge >= 0.3 is 6.18 Å². The third-order valence-corrected chi connectivity index (χ3v) is 4.28. The Morgan fingerprint density at radius 3 is 2.50 bits per heavy atom. The van der Waals surface area contributed by atoms with Crippen molar-refractivity contribution in [1.29, 1.82) is 0 Å². The highest BCUT2D eigenvalue weighted by atomic mass is 19.4. The van der Waals surface area contributed by atoms with Crippen LogP contribution in [0.4, 0.5) is 13.2 Å². The Morgan fingerprint density at radius 1 is 1.17 bits per heavy atom. The van der Waals surface area contributed by atoms with E-state index in [1.54, 1.807) is 6.07 Å². The number of hydrogen-bond acceptors (Lipinski definition) is 2. The van der Waals surface area contributed by atoms with Crippen molar-refractivity contribution in [2.75, 3.05) is 6.54 Å². The molecule has 2 N–H and O–H groups in total. The van der Waals surface area contributed by atoms with Crippen LogP contribution < -0.4 is 10.6 Å². The number of carbonyl (C=O) groups excluding carboxylic acids is 2. The highest BCUT2D eigenvalue weighted by Gasteiger charge is 2.37. The van der Waals surface area contributed by atoms with Gasteiger partial charge in [-0.05, 0) is 24.5 Å². The van der Waals surface area contributed by atoms with E-state index in [-0.39, 0.29) is 35.9 Å². The van der Waals surface area contributed by atoms with Crippen molar-refractivity contribution in [3.05, 3.63) is 35.4 Å². The molecule has 1 aromatic rings. The molecule has 1 aliphatic rings. The Labute approximate surface area is 138 Å². The number of amides is 2. The van der Waals surface area contributed by atoms with Crippen LogP contribution in [0, 0.1) is 0 Å². The first-order chi connectivity index (χ1) is 11.3. The van der Waals surface area contributed by atoms with Gasteiger partial charge in [-0.2, -0.15) is 13.2 Å². The second kappa shape index (κ2) is 7.68. The van der Waals surface area contributed by atoms with Gasteiger partial charge < -0.3 is 10.6 Å². The van der Waals surface area contributed by atoms with Gasteiger partial charge in [-0.3, -0.25) is 9.59 Å². The number of alkyl halides is 3. The highest BCUT2D eigenvalue weighted by Crippen LogP contribution is 2.40. The van der Waals surface area contributed by atoms with E-state index in [2.05, 4.69) is 10.6 Å². The van der Waals surface area contributed by atoms with Crippen molar-refractivity contribution >= 4 is 11.8 Å². The molecule has 2 rings (SSSR count). The Balaban J connectivity index is 2.18. The third-order valence-electron chi connectivity index (χ3n) is 4.28. The van der Waals surface area contributed by atoms with E-state index in [1.165, 1.54) is 19.1 Å². The molecule has 0 saturated heterocycles. The summed E-state index contributed by atoms with van der Waals surface area (Å²) in [4.78, 5) is 22.8. The van der Waals surface area contributed by atoms with Gasteiger partial charge in [0.1, 0.15) is 0 Å². The Morgan fingerprint density at radius 2 is 1.83 bits per heavy atom. The van der Waals surface area contributed by atoms with E-state index in [9.17, 15) is 22.8 Å². The molecule has 7 heteroatoms. The normalized spacial score (nSPS) is 21.2. The molecule has 0 aromatic heterocycles. The van der Waals surface area contributed by atoms with Gasteiger partial charge in [-0.15, -0.1) is 0 Å². The van der Waals surface area contributed by atoms with Crippen molar-refractivity contribution in [1.82, 2.24) is 10.6 Å². The first-order valence-electron chi connectivity index (χ1n) is 7.99. The smallest absolute Gasteiger partial charge is 0.351 e. The fraction of sp³-hybridized carbons (Fsp3) is 0.529. The van der Waals surface area contributed by atoms with Crippen LogP contribution in [0.1, 0.15) is 49.7 Å². The zero-order valence-corrected chi connectivity index (χ0v) is 13.5. The van der Waals surface area contributed by atoms with Crippen LogP contribution in [0.25, 0.3) is 0 Å². The lowest BCUT2D eigenvalue weighted by Gasteiger charge is -2.34. The quantitative estimate of drug-likeness (QED) is 0.884. The fourth-order valence-electron chi connectivity index (χ4n) is 3.22. The van der Waals surface area contributed by atoms with Gasteiger partial charge in [0.05, 0.1) is 12.1 Å². The zero-order valence-electron chi connectivity index (χ0n) is 13.5. The van der Waals surface area contributed by atoms with Crippen LogP contribution in [0.15, 0.2) is 24.3 Å². The van der Waals surface area contributed by atoms with Crippen molar-refractivity contribution in [3.8, 4) is 0 Å². The Bertz CT molecular complexity index is 602. The Kier molecular flexibility index (Phi) is 5.85. The molecule has 0 aliphatic heterocycles. The van der Waals surface area contributed by atoms with E-state index in [0.717, 1.165) is 18.9 Å². The molecule has 1 fully saturated rings. The molecule has 0 spiro atoms. The number of benzene rings is 1. The molecule has 0 radical (unpaired) electrons. The van der Waals surface area contributed by atoms with Gasteiger partial charge in [-0.25, -0.2) is 0 Å². The van der Waals surface area contributed by atoms with E-state index >= 15 is 0 Å². The maximum absolute atomic E-state index is 13.3. The van der Waals surface area contributed by atoms with Crippen LogP contribution in [0.3, 0.4) is 0 Å². The summed E-state index contributed by atoms with van der Waals surface area (Å²) in [6.45, 7) is 1.13. The van der Waals surface area contributed by atoms with Crippen molar-refractivity contribution in [3.63, 3.8) is 0 Å². The van der Waals surface area contributed by atoms with E-state index in [0.29, 0.717) is 12.8 Å². The van der Waals surface area contributed by atoms with Crippen LogP contribution >= 0.6 is 0 Å². The summed E-state index contributed by atoms with van der Waals surface area (Å²) in [5.41, 5.74) is -0.410. The Hall–Kier alpha value is -2.05. The van der Waals surface area contributed by atoms with Crippen molar-refractivity contribution in [2.45, 2.75) is 50.7 Å². The molecule has 132 valence electrons. The van der Waals surface area contributed by atoms with Crippen molar-refractivity contribution < 1.29 is 22.8 Å². The standard InChI is InChI=1S/C17H21F3N2O2/c1-11(23)21-10-16(24)22-15-9-5-3-7-13(15)12-6-2-4-8-14(12)17(18,19)20/h2,4,6,8,13,15H,3,5,7,9-10H2,1H3,(H,21,23)(H,22,24). The molecular weight excluding hydrogens is 321 g/mol. The second-order valence-corrected chi connectivity index (χ2v) is 6.06. The van der Waals surface area contributed by atoms with Crippen molar-refractivity contribution in [2.24, 2.45) is 0 Å². The van der Waals surface area contributed by atoms with Gasteiger partial charge in [0, 0.05) is 18.9 Å². The fourth-order valence-corrected chi connectivity index (χ4v) is 3.22.